The summed E-state index contributed by atoms with van der Waals surface area (Å²) < 4.78 is 10.8. The molecule has 1 saturated heterocycles. The molecule has 25 heavy (non-hydrogen) atoms. The molecule has 1 aliphatic rings. The average molecular weight is 343 g/mol. The van der Waals surface area contributed by atoms with Crippen LogP contribution in [0.25, 0.3) is 10.8 Å². The van der Waals surface area contributed by atoms with Gasteiger partial charge in [-0.25, -0.2) is 9.78 Å². The number of hydrogen-bond acceptors (Lipinski definition) is 5. The molecule has 0 aliphatic carbocycles. The Hall–Kier alpha value is -2.50. The lowest BCUT2D eigenvalue weighted by atomic mass is 10.1. The first kappa shape index (κ1) is 17.3. The van der Waals surface area contributed by atoms with E-state index in [9.17, 15) is 4.79 Å². The highest BCUT2D eigenvalue weighted by Crippen LogP contribution is 2.28. The normalized spacial score (nSPS) is 15.4. The van der Waals surface area contributed by atoms with E-state index in [0.29, 0.717) is 13.1 Å². The summed E-state index contributed by atoms with van der Waals surface area (Å²) in [5.41, 5.74) is -0.470. The number of hydrogen-bond donors (Lipinski definition) is 0. The molecule has 134 valence electrons. The highest BCUT2D eigenvalue weighted by atomic mass is 16.6. The summed E-state index contributed by atoms with van der Waals surface area (Å²) in [6, 6.07) is 8.00. The largest absolute Gasteiger partial charge is 0.497 e. The second kappa shape index (κ2) is 6.78. The molecule has 1 aromatic carbocycles. The van der Waals surface area contributed by atoms with Gasteiger partial charge < -0.3 is 19.3 Å². The summed E-state index contributed by atoms with van der Waals surface area (Å²) in [5.74, 6) is 1.74. The van der Waals surface area contributed by atoms with Gasteiger partial charge in [0.1, 0.15) is 17.2 Å². The zero-order chi connectivity index (χ0) is 18.0. The van der Waals surface area contributed by atoms with Gasteiger partial charge in [0.15, 0.2) is 0 Å². The zero-order valence-electron chi connectivity index (χ0n) is 15.3. The third-order valence-electron chi connectivity index (χ3n) is 4.18. The molecule has 1 amide bonds. The fourth-order valence-corrected chi connectivity index (χ4v) is 2.94. The van der Waals surface area contributed by atoms with Gasteiger partial charge >= 0.3 is 6.09 Å². The summed E-state index contributed by atoms with van der Waals surface area (Å²) in [6.45, 7) is 8.34. The molecule has 0 saturated carbocycles. The monoisotopic (exact) mass is 343 g/mol. The Morgan fingerprint density at radius 1 is 1.12 bits per heavy atom. The van der Waals surface area contributed by atoms with Crippen molar-refractivity contribution in [2.45, 2.75) is 26.4 Å². The molecular weight excluding hydrogens is 318 g/mol. The SMILES string of the molecule is COc1ccc2ccnc(N3CCN(C(=O)OC(C)(C)C)CC3)c2c1. The second-order valence-corrected chi connectivity index (χ2v) is 7.18. The summed E-state index contributed by atoms with van der Waals surface area (Å²) in [4.78, 5) is 20.7. The Balaban J connectivity index is 1.75. The van der Waals surface area contributed by atoms with Crippen molar-refractivity contribution < 1.29 is 14.3 Å². The van der Waals surface area contributed by atoms with Crippen LogP contribution in [0.2, 0.25) is 0 Å². The van der Waals surface area contributed by atoms with Crippen molar-refractivity contribution in [3.05, 3.63) is 30.5 Å². The van der Waals surface area contributed by atoms with Crippen LogP contribution in [-0.4, -0.2) is 54.9 Å². The molecule has 0 N–H and O–H groups in total. The minimum Gasteiger partial charge on any atom is -0.497 e. The first-order valence-electron chi connectivity index (χ1n) is 8.53. The maximum absolute atomic E-state index is 12.2. The van der Waals surface area contributed by atoms with E-state index < -0.39 is 5.60 Å². The predicted molar refractivity (Wildman–Crippen MR) is 98.3 cm³/mol. The van der Waals surface area contributed by atoms with Crippen molar-refractivity contribution in [2.75, 3.05) is 38.2 Å². The third kappa shape index (κ3) is 3.95. The number of piperazine rings is 1. The number of rotatable bonds is 2. The molecule has 1 aromatic heterocycles. The van der Waals surface area contributed by atoms with Gasteiger partial charge in [-0.3, -0.25) is 0 Å². The maximum Gasteiger partial charge on any atom is 0.410 e. The van der Waals surface area contributed by atoms with Gasteiger partial charge in [-0.2, -0.15) is 0 Å². The predicted octanol–water partition coefficient (Wildman–Crippen LogP) is 3.30. The van der Waals surface area contributed by atoms with Crippen LogP contribution in [0.3, 0.4) is 0 Å². The number of methoxy groups -OCH3 is 1. The van der Waals surface area contributed by atoms with Crippen LogP contribution in [0.5, 0.6) is 5.75 Å². The van der Waals surface area contributed by atoms with Gasteiger partial charge in [0, 0.05) is 37.8 Å². The summed E-state index contributed by atoms with van der Waals surface area (Å²) in [5, 5.41) is 2.19. The summed E-state index contributed by atoms with van der Waals surface area (Å²) in [6.07, 6.45) is 1.57. The van der Waals surface area contributed by atoms with Gasteiger partial charge in [0.25, 0.3) is 0 Å². The molecule has 0 atom stereocenters. The number of aromatic nitrogens is 1. The third-order valence-corrected chi connectivity index (χ3v) is 4.18. The number of benzene rings is 1. The Bertz CT molecular complexity index is 762. The van der Waals surface area contributed by atoms with Crippen molar-refractivity contribution in [1.82, 2.24) is 9.88 Å². The number of carbonyl (C=O) groups is 1. The number of anilines is 1. The molecule has 0 unspecified atom stereocenters. The van der Waals surface area contributed by atoms with E-state index in [0.717, 1.165) is 35.4 Å². The van der Waals surface area contributed by atoms with E-state index in [1.165, 1.54) is 0 Å². The Morgan fingerprint density at radius 3 is 2.48 bits per heavy atom. The fraction of sp³-hybridized carbons (Fsp3) is 0.474. The Morgan fingerprint density at radius 2 is 1.84 bits per heavy atom. The molecule has 6 heteroatoms. The van der Waals surface area contributed by atoms with Gasteiger partial charge in [-0.15, -0.1) is 0 Å². The molecule has 0 spiro atoms. The van der Waals surface area contributed by atoms with Crippen LogP contribution in [0, 0.1) is 0 Å². The van der Waals surface area contributed by atoms with Crippen LogP contribution in [0.15, 0.2) is 30.5 Å². The first-order chi connectivity index (χ1) is 11.9. The number of carbonyl (C=O) groups excluding carboxylic acids is 1. The van der Waals surface area contributed by atoms with Gasteiger partial charge in [0.05, 0.1) is 7.11 Å². The molecule has 0 bridgehead atoms. The van der Waals surface area contributed by atoms with Gasteiger partial charge in [-0.05, 0) is 44.4 Å². The molecular formula is C19H25N3O3. The quantitative estimate of drug-likeness (QED) is 0.837. The Kier molecular flexibility index (Phi) is 4.70. The molecule has 1 fully saturated rings. The molecule has 3 rings (SSSR count). The summed E-state index contributed by atoms with van der Waals surface area (Å²) in [7, 11) is 1.66. The van der Waals surface area contributed by atoms with Crippen LogP contribution < -0.4 is 9.64 Å². The summed E-state index contributed by atoms with van der Waals surface area (Å²) >= 11 is 0. The van der Waals surface area contributed by atoms with Gasteiger partial charge in [0.2, 0.25) is 0 Å². The topological polar surface area (TPSA) is 54.9 Å². The van der Waals surface area contributed by atoms with Crippen LogP contribution >= 0.6 is 0 Å². The van der Waals surface area contributed by atoms with E-state index >= 15 is 0 Å². The first-order valence-corrected chi connectivity index (χ1v) is 8.53. The molecule has 0 radical (unpaired) electrons. The molecule has 2 heterocycles. The van der Waals surface area contributed by atoms with E-state index in [-0.39, 0.29) is 6.09 Å². The Labute approximate surface area is 148 Å². The van der Waals surface area contributed by atoms with Crippen LogP contribution in [-0.2, 0) is 4.74 Å². The van der Waals surface area contributed by atoms with Gasteiger partial charge in [-0.1, -0.05) is 6.07 Å². The standard InChI is InChI=1S/C19H25N3O3/c1-19(2,3)25-18(23)22-11-9-21(10-12-22)17-16-13-15(24-4)6-5-14(16)7-8-20-17/h5-8,13H,9-12H2,1-4H3. The molecule has 1 aliphatic heterocycles. The van der Waals surface area contributed by atoms with Crippen LogP contribution in [0.4, 0.5) is 10.6 Å². The number of ether oxygens (including phenoxy) is 2. The minimum absolute atomic E-state index is 0.250. The number of amides is 1. The molecule has 2 aromatic rings. The van der Waals surface area contributed by atoms with Crippen molar-refractivity contribution in [1.29, 1.82) is 0 Å². The average Bonchev–Trinajstić information content (AvgIpc) is 2.59. The lowest BCUT2D eigenvalue weighted by Crippen LogP contribution is -2.50. The minimum atomic E-state index is -0.470. The van der Waals surface area contributed by atoms with Crippen LogP contribution in [0.1, 0.15) is 20.8 Å². The van der Waals surface area contributed by atoms with Crippen molar-refractivity contribution in [2.24, 2.45) is 0 Å². The number of nitrogens with zero attached hydrogens (tertiary/aromatic N) is 3. The van der Waals surface area contributed by atoms with Crippen molar-refractivity contribution in [3.63, 3.8) is 0 Å². The smallest absolute Gasteiger partial charge is 0.410 e. The van der Waals surface area contributed by atoms with Crippen molar-refractivity contribution in [3.8, 4) is 5.75 Å². The highest BCUT2D eigenvalue weighted by Gasteiger charge is 2.26. The second-order valence-electron chi connectivity index (χ2n) is 7.18. The van der Waals surface area contributed by atoms with E-state index in [2.05, 4.69) is 9.88 Å². The number of pyridine rings is 1. The maximum atomic E-state index is 12.2. The fourth-order valence-electron chi connectivity index (χ4n) is 2.94. The van der Waals surface area contributed by atoms with Crippen molar-refractivity contribution >= 4 is 22.7 Å². The van der Waals surface area contributed by atoms with E-state index in [4.69, 9.17) is 9.47 Å². The molecule has 6 nitrogen and oxygen atoms in total. The zero-order valence-corrected chi connectivity index (χ0v) is 15.3. The van der Waals surface area contributed by atoms with E-state index in [1.54, 1.807) is 12.0 Å². The lowest BCUT2D eigenvalue weighted by molar-refractivity contribution is 0.0240. The highest BCUT2D eigenvalue weighted by molar-refractivity contribution is 5.93. The van der Waals surface area contributed by atoms with E-state index in [1.807, 2.05) is 51.2 Å². The lowest BCUT2D eigenvalue weighted by Gasteiger charge is -2.36. The number of fused-ring (bicyclic) bond motifs is 1.